The first-order valence-electron chi connectivity index (χ1n) is 10.2. The maximum atomic E-state index is 13.0. The summed E-state index contributed by atoms with van der Waals surface area (Å²) < 4.78 is 21.5. The topological polar surface area (TPSA) is 108 Å². The number of hydrogen-bond acceptors (Lipinski definition) is 8. The number of hydrogen-bond donors (Lipinski definition) is 0. The van der Waals surface area contributed by atoms with Crippen molar-refractivity contribution in [3.63, 3.8) is 0 Å². The molecule has 174 valence electrons. The second-order valence-corrected chi connectivity index (χ2v) is 7.86. The zero-order valence-electron chi connectivity index (χ0n) is 17.9. The summed E-state index contributed by atoms with van der Waals surface area (Å²) in [6.07, 6.45) is 2.48. The van der Waals surface area contributed by atoms with Crippen LogP contribution in [0.5, 0.6) is 11.5 Å². The van der Waals surface area contributed by atoms with Crippen molar-refractivity contribution < 1.29 is 33.3 Å². The number of aromatic nitrogens is 1. The molecule has 0 radical (unpaired) electrons. The molecule has 2 amide bonds. The summed E-state index contributed by atoms with van der Waals surface area (Å²) in [5, 5.41) is 0.443. The van der Waals surface area contributed by atoms with Crippen molar-refractivity contribution in [1.82, 2.24) is 9.88 Å². The zero-order chi connectivity index (χ0) is 23.4. The number of morpholine rings is 1. The van der Waals surface area contributed by atoms with E-state index in [-0.39, 0.29) is 43.2 Å². The maximum Gasteiger partial charge on any atom is 0.339 e. The zero-order valence-corrected chi connectivity index (χ0v) is 18.6. The molecule has 1 fully saturated rings. The molecule has 1 saturated heterocycles. The van der Waals surface area contributed by atoms with E-state index in [1.54, 1.807) is 23.1 Å². The Labute approximate surface area is 194 Å². The number of fused-ring (bicyclic) bond motifs is 1. The fourth-order valence-corrected chi connectivity index (χ4v) is 3.71. The smallest absolute Gasteiger partial charge is 0.339 e. The van der Waals surface area contributed by atoms with Gasteiger partial charge in [-0.2, -0.15) is 0 Å². The minimum atomic E-state index is -0.515. The SMILES string of the molecule is COC(=O)c1cncc(OCC2CN(C(=O)CN3C(=O)COc4ccc(Cl)cc43)CCO2)c1. The van der Waals surface area contributed by atoms with E-state index in [1.807, 2.05) is 0 Å². The van der Waals surface area contributed by atoms with Crippen LogP contribution in [0.4, 0.5) is 5.69 Å². The van der Waals surface area contributed by atoms with E-state index in [1.165, 1.54) is 30.5 Å². The lowest BCUT2D eigenvalue weighted by atomic mass is 10.2. The van der Waals surface area contributed by atoms with Crippen LogP contribution in [0.2, 0.25) is 5.02 Å². The number of ether oxygens (including phenoxy) is 4. The van der Waals surface area contributed by atoms with Crippen LogP contribution >= 0.6 is 11.6 Å². The molecule has 10 nitrogen and oxygen atoms in total. The molecule has 11 heteroatoms. The maximum absolute atomic E-state index is 13.0. The van der Waals surface area contributed by atoms with Crippen LogP contribution in [0.3, 0.4) is 0 Å². The van der Waals surface area contributed by atoms with Gasteiger partial charge >= 0.3 is 5.97 Å². The van der Waals surface area contributed by atoms with Gasteiger partial charge in [0.25, 0.3) is 5.91 Å². The van der Waals surface area contributed by atoms with Crippen LogP contribution in [0, 0.1) is 0 Å². The largest absolute Gasteiger partial charge is 0.489 e. The molecule has 0 bridgehead atoms. The number of rotatable bonds is 6. The van der Waals surface area contributed by atoms with Gasteiger partial charge in [-0.1, -0.05) is 11.6 Å². The lowest BCUT2D eigenvalue weighted by Crippen LogP contribution is -2.52. The van der Waals surface area contributed by atoms with Gasteiger partial charge in [0.2, 0.25) is 5.91 Å². The van der Waals surface area contributed by atoms with Crippen molar-refractivity contribution >= 4 is 35.1 Å². The summed E-state index contributed by atoms with van der Waals surface area (Å²) in [6.45, 7) is 0.915. The van der Waals surface area contributed by atoms with Crippen molar-refractivity contribution in [1.29, 1.82) is 0 Å². The minimum Gasteiger partial charge on any atom is -0.489 e. The van der Waals surface area contributed by atoms with Gasteiger partial charge in [0.05, 0.1) is 37.7 Å². The number of nitrogens with zero attached hydrogens (tertiary/aromatic N) is 3. The molecule has 3 heterocycles. The van der Waals surface area contributed by atoms with Crippen LogP contribution in [-0.4, -0.2) is 80.3 Å². The minimum absolute atomic E-state index is 0.131. The summed E-state index contributed by atoms with van der Waals surface area (Å²) in [6, 6.07) is 6.47. The van der Waals surface area contributed by atoms with Gasteiger partial charge in [0.1, 0.15) is 30.8 Å². The van der Waals surface area contributed by atoms with E-state index < -0.39 is 5.97 Å². The first kappa shape index (κ1) is 22.8. The second-order valence-electron chi connectivity index (χ2n) is 7.43. The third kappa shape index (κ3) is 5.35. The molecule has 2 aromatic rings. The Hall–Kier alpha value is -3.37. The Bertz CT molecular complexity index is 1060. The molecular weight excluding hydrogens is 454 g/mol. The van der Waals surface area contributed by atoms with Crippen LogP contribution < -0.4 is 14.4 Å². The number of carbonyl (C=O) groups is 3. The molecular formula is C22H22ClN3O7. The molecule has 0 aliphatic carbocycles. The molecule has 0 saturated carbocycles. The van der Waals surface area contributed by atoms with Gasteiger partial charge < -0.3 is 23.8 Å². The molecule has 0 N–H and O–H groups in total. The molecule has 4 rings (SSSR count). The highest BCUT2D eigenvalue weighted by Crippen LogP contribution is 2.34. The number of anilines is 1. The van der Waals surface area contributed by atoms with E-state index in [2.05, 4.69) is 9.72 Å². The number of amides is 2. The predicted octanol–water partition coefficient (Wildman–Crippen LogP) is 1.55. The van der Waals surface area contributed by atoms with E-state index in [4.69, 9.17) is 25.8 Å². The predicted molar refractivity (Wildman–Crippen MR) is 117 cm³/mol. The Kier molecular flexibility index (Phi) is 6.95. The average molecular weight is 476 g/mol. The van der Waals surface area contributed by atoms with Crippen molar-refractivity contribution in [3.8, 4) is 11.5 Å². The summed E-state index contributed by atoms with van der Waals surface area (Å²) in [5.74, 6) is -0.164. The molecule has 1 aromatic carbocycles. The summed E-state index contributed by atoms with van der Waals surface area (Å²) in [5.41, 5.74) is 0.741. The van der Waals surface area contributed by atoms with E-state index in [0.29, 0.717) is 41.9 Å². The van der Waals surface area contributed by atoms with Crippen LogP contribution in [0.25, 0.3) is 0 Å². The van der Waals surface area contributed by atoms with Crippen molar-refractivity contribution in [2.24, 2.45) is 0 Å². The monoisotopic (exact) mass is 475 g/mol. The number of halogens is 1. The highest BCUT2D eigenvalue weighted by Gasteiger charge is 2.31. The van der Waals surface area contributed by atoms with Gasteiger partial charge in [0, 0.05) is 17.8 Å². The third-order valence-electron chi connectivity index (χ3n) is 5.22. The summed E-state index contributed by atoms with van der Waals surface area (Å²) in [4.78, 5) is 44.0. The quantitative estimate of drug-likeness (QED) is 0.579. The highest BCUT2D eigenvalue weighted by atomic mass is 35.5. The Morgan fingerprint density at radius 2 is 2.12 bits per heavy atom. The Balaban J connectivity index is 1.36. The number of pyridine rings is 1. The van der Waals surface area contributed by atoms with Gasteiger partial charge in [-0.15, -0.1) is 0 Å². The van der Waals surface area contributed by atoms with E-state index in [0.717, 1.165) is 0 Å². The Morgan fingerprint density at radius 3 is 2.94 bits per heavy atom. The molecule has 2 aliphatic rings. The molecule has 1 unspecified atom stereocenters. The first-order chi connectivity index (χ1) is 15.9. The number of carbonyl (C=O) groups excluding carboxylic acids is 3. The summed E-state index contributed by atoms with van der Waals surface area (Å²) >= 11 is 6.07. The number of benzene rings is 1. The standard InChI is InChI=1S/C22H22ClN3O7/c1-30-22(29)14-6-16(9-24-8-14)32-12-17-10-25(4-5-31-17)20(27)11-26-18-7-15(23)2-3-19(18)33-13-21(26)28/h2-3,6-9,17H,4-5,10-13H2,1H3. The average Bonchev–Trinajstić information content (AvgIpc) is 2.84. The van der Waals surface area contributed by atoms with Crippen molar-refractivity contribution in [2.75, 3.05) is 51.5 Å². The molecule has 0 spiro atoms. The molecule has 33 heavy (non-hydrogen) atoms. The van der Waals surface area contributed by atoms with Gasteiger partial charge in [-0.3, -0.25) is 19.5 Å². The lowest BCUT2D eigenvalue weighted by Gasteiger charge is -2.35. The number of esters is 1. The van der Waals surface area contributed by atoms with Gasteiger partial charge in [-0.25, -0.2) is 4.79 Å². The van der Waals surface area contributed by atoms with Gasteiger partial charge in [0.15, 0.2) is 6.61 Å². The van der Waals surface area contributed by atoms with E-state index in [9.17, 15) is 14.4 Å². The van der Waals surface area contributed by atoms with E-state index >= 15 is 0 Å². The lowest BCUT2D eigenvalue weighted by molar-refractivity contribution is -0.139. The van der Waals surface area contributed by atoms with Crippen LogP contribution in [0.1, 0.15) is 10.4 Å². The second kappa shape index (κ2) is 10.1. The van der Waals surface area contributed by atoms with Crippen LogP contribution in [0.15, 0.2) is 36.7 Å². The normalized spacial score (nSPS) is 17.8. The fraction of sp³-hybridized carbons (Fsp3) is 0.364. The molecule has 2 aliphatic heterocycles. The fourth-order valence-electron chi connectivity index (χ4n) is 3.55. The molecule has 1 aromatic heterocycles. The summed E-state index contributed by atoms with van der Waals surface area (Å²) in [7, 11) is 1.29. The first-order valence-corrected chi connectivity index (χ1v) is 10.6. The van der Waals surface area contributed by atoms with Crippen LogP contribution in [-0.2, 0) is 19.1 Å². The van der Waals surface area contributed by atoms with Crippen molar-refractivity contribution in [2.45, 2.75) is 6.10 Å². The van der Waals surface area contributed by atoms with Gasteiger partial charge in [-0.05, 0) is 24.3 Å². The Morgan fingerprint density at radius 1 is 1.27 bits per heavy atom. The number of methoxy groups -OCH3 is 1. The highest BCUT2D eigenvalue weighted by molar-refractivity contribution is 6.31. The molecule has 1 atom stereocenters. The third-order valence-corrected chi connectivity index (χ3v) is 5.45. The van der Waals surface area contributed by atoms with Crippen molar-refractivity contribution in [3.05, 3.63) is 47.2 Å².